The second kappa shape index (κ2) is 6.43. The van der Waals surface area contributed by atoms with Gasteiger partial charge in [0.25, 0.3) is 0 Å². The Morgan fingerprint density at radius 1 is 1.05 bits per heavy atom. The van der Waals surface area contributed by atoms with Crippen LogP contribution in [0.25, 0.3) is 0 Å². The zero-order chi connectivity index (χ0) is 13.7. The molecule has 0 N–H and O–H groups in total. The van der Waals surface area contributed by atoms with Gasteiger partial charge >= 0.3 is 0 Å². The summed E-state index contributed by atoms with van der Waals surface area (Å²) in [6, 6.07) is 11.8. The molecule has 0 fully saturated rings. The van der Waals surface area contributed by atoms with Crippen LogP contribution in [0, 0.1) is 5.82 Å². The van der Waals surface area contributed by atoms with Crippen LogP contribution >= 0.6 is 11.6 Å². The molecule has 0 bridgehead atoms. The largest absolute Gasteiger partial charge is 0.493 e. The third kappa shape index (κ3) is 3.61. The van der Waals surface area contributed by atoms with Gasteiger partial charge in [0, 0.05) is 5.88 Å². The SMILES string of the molecule is COc1cc(CCl)ccc1OCc1cccc(F)c1. The highest BCUT2D eigenvalue weighted by atomic mass is 35.5. The van der Waals surface area contributed by atoms with Crippen molar-refractivity contribution in [1.82, 2.24) is 0 Å². The van der Waals surface area contributed by atoms with Crippen molar-refractivity contribution in [2.45, 2.75) is 12.5 Å². The van der Waals surface area contributed by atoms with E-state index in [-0.39, 0.29) is 12.4 Å². The Kier molecular flexibility index (Phi) is 4.63. The first-order chi connectivity index (χ1) is 9.22. The van der Waals surface area contributed by atoms with Gasteiger partial charge in [0.05, 0.1) is 7.11 Å². The molecule has 0 aliphatic rings. The third-order valence-electron chi connectivity index (χ3n) is 2.67. The van der Waals surface area contributed by atoms with Gasteiger partial charge in [-0.25, -0.2) is 4.39 Å². The zero-order valence-corrected chi connectivity index (χ0v) is 11.3. The number of halogens is 2. The quantitative estimate of drug-likeness (QED) is 0.766. The first-order valence-corrected chi connectivity index (χ1v) is 6.36. The predicted molar refractivity (Wildman–Crippen MR) is 73.3 cm³/mol. The standard InChI is InChI=1S/C15H14ClFO2/c1-18-15-8-11(9-16)5-6-14(15)19-10-12-3-2-4-13(17)7-12/h2-8H,9-10H2,1H3. The number of rotatable bonds is 5. The lowest BCUT2D eigenvalue weighted by molar-refractivity contribution is 0.284. The minimum Gasteiger partial charge on any atom is -0.493 e. The fourth-order valence-corrected chi connectivity index (χ4v) is 1.87. The Morgan fingerprint density at radius 2 is 1.89 bits per heavy atom. The maximum atomic E-state index is 13.0. The lowest BCUT2D eigenvalue weighted by atomic mass is 10.2. The molecule has 0 spiro atoms. The van der Waals surface area contributed by atoms with Crippen LogP contribution in [0.2, 0.25) is 0 Å². The monoisotopic (exact) mass is 280 g/mol. The van der Waals surface area contributed by atoms with Crippen LogP contribution in [0.4, 0.5) is 4.39 Å². The number of methoxy groups -OCH3 is 1. The molecule has 0 saturated carbocycles. The van der Waals surface area contributed by atoms with Crippen molar-refractivity contribution in [1.29, 1.82) is 0 Å². The van der Waals surface area contributed by atoms with Gasteiger partial charge in [-0.15, -0.1) is 11.6 Å². The highest BCUT2D eigenvalue weighted by Gasteiger charge is 2.06. The third-order valence-corrected chi connectivity index (χ3v) is 2.97. The van der Waals surface area contributed by atoms with Crippen LogP contribution < -0.4 is 9.47 Å². The Labute approximate surface area is 116 Å². The van der Waals surface area contributed by atoms with Gasteiger partial charge < -0.3 is 9.47 Å². The Balaban J connectivity index is 2.11. The molecule has 0 heterocycles. The molecular formula is C15H14ClFO2. The van der Waals surface area contributed by atoms with Crippen molar-refractivity contribution in [2.24, 2.45) is 0 Å². The molecule has 2 rings (SSSR count). The molecule has 0 aromatic heterocycles. The van der Waals surface area contributed by atoms with E-state index >= 15 is 0 Å². The molecule has 100 valence electrons. The first-order valence-electron chi connectivity index (χ1n) is 5.83. The average Bonchev–Trinajstić information content (AvgIpc) is 2.45. The van der Waals surface area contributed by atoms with E-state index in [1.165, 1.54) is 12.1 Å². The van der Waals surface area contributed by atoms with E-state index in [1.807, 2.05) is 18.2 Å². The Bertz CT molecular complexity index is 558. The number of alkyl halides is 1. The van der Waals surface area contributed by atoms with Crippen molar-refractivity contribution >= 4 is 11.6 Å². The summed E-state index contributed by atoms with van der Waals surface area (Å²) in [5, 5.41) is 0. The molecule has 0 aliphatic heterocycles. The number of hydrogen-bond acceptors (Lipinski definition) is 2. The van der Waals surface area contributed by atoms with Crippen molar-refractivity contribution in [3.63, 3.8) is 0 Å². The molecule has 0 atom stereocenters. The summed E-state index contributed by atoms with van der Waals surface area (Å²) in [6.45, 7) is 0.286. The molecule has 0 radical (unpaired) electrons. The Hall–Kier alpha value is -1.74. The smallest absolute Gasteiger partial charge is 0.161 e. The first kappa shape index (κ1) is 13.7. The molecule has 2 nitrogen and oxygen atoms in total. The van der Waals surface area contributed by atoms with E-state index in [1.54, 1.807) is 19.2 Å². The maximum Gasteiger partial charge on any atom is 0.161 e. The van der Waals surface area contributed by atoms with Crippen LogP contribution in [0.3, 0.4) is 0 Å². The fraction of sp³-hybridized carbons (Fsp3) is 0.200. The molecule has 2 aromatic rings. The van der Waals surface area contributed by atoms with Crippen LogP contribution in [-0.4, -0.2) is 7.11 Å². The number of ether oxygens (including phenoxy) is 2. The van der Waals surface area contributed by atoms with Crippen LogP contribution in [-0.2, 0) is 12.5 Å². The lowest BCUT2D eigenvalue weighted by Gasteiger charge is -2.11. The minimum atomic E-state index is -0.273. The van der Waals surface area contributed by atoms with E-state index in [0.717, 1.165) is 11.1 Å². The minimum absolute atomic E-state index is 0.273. The molecule has 2 aromatic carbocycles. The van der Waals surface area contributed by atoms with Crippen molar-refractivity contribution < 1.29 is 13.9 Å². The van der Waals surface area contributed by atoms with Gasteiger partial charge in [-0.05, 0) is 35.4 Å². The zero-order valence-electron chi connectivity index (χ0n) is 10.5. The van der Waals surface area contributed by atoms with E-state index in [0.29, 0.717) is 17.4 Å². The summed E-state index contributed by atoms with van der Waals surface area (Å²) < 4.78 is 23.9. The summed E-state index contributed by atoms with van der Waals surface area (Å²) in [5.41, 5.74) is 1.72. The second-order valence-electron chi connectivity index (χ2n) is 4.04. The summed E-state index contributed by atoms with van der Waals surface area (Å²) in [5.74, 6) is 1.38. The molecule has 0 amide bonds. The van der Waals surface area contributed by atoms with Gasteiger partial charge in [-0.3, -0.25) is 0 Å². The topological polar surface area (TPSA) is 18.5 Å². The van der Waals surface area contributed by atoms with Crippen molar-refractivity contribution in [3.05, 3.63) is 59.4 Å². The molecule has 0 aliphatic carbocycles. The highest BCUT2D eigenvalue weighted by Crippen LogP contribution is 2.29. The van der Waals surface area contributed by atoms with Crippen molar-refractivity contribution in [2.75, 3.05) is 7.11 Å². The van der Waals surface area contributed by atoms with Gasteiger partial charge in [0.15, 0.2) is 11.5 Å². The fourth-order valence-electron chi connectivity index (χ4n) is 1.70. The second-order valence-corrected chi connectivity index (χ2v) is 4.30. The van der Waals surface area contributed by atoms with Crippen molar-refractivity contribution in [3.8, 4) is 11.5 Å². The van der Waals surface area contributed by atoms with Crippen LogP contribution in [0.1, 0.15) is 11.1 Å². The normalized spacial score (nSPS) is 10.3. The Morgan fingerprint density at radius 3 is 2.58 bits per heavy atom. The molecule has 0 saturated heterocycles. The summed E-state index contributed by atoms with van der Waals surface area (Å²) in [4.78, 5) is 0. The molecule has 0 unspecified atom stereocenters. The lowest BCUT2D eigenvalue weighted by Crippen LogP contribution is -1.98. The summed E-state index contributed by atoms with van der Waals surface area (Å²) in [6.07, 6.45) is 0. The van der Waals surface area contributed by atoms with Gasteiger partial charge in [0.1, 0.15) is 12.4 Å². The summed E-state index contributed by atoms with van der Waals surface area (Å²) in [7, 11) is 1.57. The van der Waals surface area contributed by atoms with E-state index in [4.69, 9.17) is 21.1 Å². The average molecular weight is 281 g/mol. The molecular weight excluding hydrogens is 267 g/mol. The highest BCUT2D eigenvalue weighted by molar-refractivity contribution is 6.17. The van der Waals surface area contributed by atoms with E-state index in [9.17, 15) is 4.39 Å². The van der Waals surface area contributed by atoms with E-state index < -0.39 is 0 Å². The van der Waals surface area contributed by atoms with Crippen LogP contribution in [0.15, 0.2) is 42.5 Å². The molecule has 4 heteroatoms. The molecule has 19 heavy (non-hydrogen) atoms. The van der Waals surface area contributed by atoms with E-state index in [2.05, 4.69) is 0 Å². The predicted octanol–water partition coefficient (Wildman–Crippen LogP) is 4.15. The van der Waals surface area contributed by atoms with Gasteiger partial charge in [-0.2, -0.15) is 0 Å². The van der Waals surface area contributed by atoms with Gasteiger partial charge in [-0.1, -0.05) is 18.2 Å². The number of benzene rings is 2. The van der Waals surface area contributed by atoms with Crippen LogP contribution in [0.5, 0.6) is 11.5 Å². The maximum absolute atomic E-state index is 13.0. The number of hydrogen-bond donors (Lipinski definition) is 0. The van der Waals surface area contributed by atoms with Gasteiger partial charge in [0.2, 0.25) is 0 Å². The summed E-state index contributed by atoms with van der Waals surface area (Å²) >= 11 is 5.76.